The predicted molar refractivity (Wildman–Crippen MR) is 288 cm³/mol. The summed E-state index contributed by atoms with van der Waals surface area (Å²) in [6, 6.07) is 0. The predicted octanol–water partition coefficient (Wildman–Crippen LogP) is 19.2. The van der Waals surface area contributed by atoms with Crippen molar-refractivity contribution in [1.29, 1.82) is 0 Å². The molecule has 0 aliphatic rings. The lowest BCUT2D eigenvalue weighted by atomic mass is 10.0. The Labute approximate surface area is 415 Å². The SMILES string of the molecule is CC/C=C\C/C=C\C/C=C\C/C=C\C/C=C\CCCCCCCCCC(=O)OCC(COC(=O)CCCCCCCCCCCCC)OC(=O)CCCCCCCCCCCCCCCCC. The average Bonchev–Trinajstić information content (AvgIpc) is 3.33. The zero-order chi connectivity index (χ0) is 48.6. The van der Waals surface area contributed by atoms with E-state index in [1.54, 1.807) is 0 Å². The molecule has 0 saturated carbocycles. The van der Waals surface area contributed by atoms with Crippen LogP contribution in [0.15, 0.2) is 60.8 Å². The number of carbonyl (C=O) groups is 3. The van der Waals surface area contributed by atoms with Gasteiger partial charge in [0.25, 0.3) is 0 Å². The van der Waals surface area contributed by atoms with Crippen LogP contribution in [-0.2, 0) is 28.6 Å². The summed E-state index contributed by atoms with van der Waals surface area (Å²) in [5, 5.41) is 0. The fourth-order valence-corrected chi connectivity index (χ4v) is 8.24. The van der Waals surface area contributed by atoms with Gasteiger partial charge in [0.15, 0.2) is 6.10 Å². The monoisotopic (exact) mass is 937 g/mol. The fraction of sp³-hybridized carbons (Fsp3) is 0.787. The summed E-state index contributed by atoms with van der Waals surface area (Å²) in [5.74, 6) is -0.872. The second-order valence-corrected chi connectivity index (χ2v) is 19.2. The van der Waals surface area contributed by atoms with Crippen LogP contribution in [0.3, 0.4) is 0 Å². The van der Waals surface area contributed by atoms with E-state index in [1.807, 2.05) is 0 Å². The van der Waals surface area contributed by atoms with E-state index in [0.29, 0.717) is 19.3 Å². The molecule has 67 heavy (non-hydrogen) atoms. The maximum Gasteiger partial charge on any atom is 0.306 e. The van der Waals surface area contributed by atoms with Gasteiger partial charge >= 0.3 is 17.9 Å². The smallest absolute Gasteiger partial charge is 0.306 e. The first-order valence-electron chi connectivity index (χ1n) is 28.8. The molecular formula is C61H108O6. The van der Waals surface area contributed by atoms with Crippen molar-refractivity contribution < 1.29 is 28.6 Å². The first-order chi connectivity index (χ1) is 33.0. The molecule has 6 heteroatoms. The third kappa shape index (κ3) is 53.9. The minimum atomic E-state index is -0.774. The lowest BCUT2D eigenvalue weighted by molar-refractivity contribution is -0.167. The van der Waals surface area contributed by atoms with Gasteiger partial charge in [-0.15, -0.1) is 0 Å². The van der Waals surface area contributed by atoms with Crippen molar-refractivity contribution >= 4 is 17.9 Å². The molecule has 0 aromatic rings. The van der Waals surface area contributed by atoms with Crippen molar-refractivity contribution in [3.8, 4) is 0 Å². The molecular weight excluding hydrogens is 829 g/mol. The van der Waals surface area contributed by atoms with Crippen LogP contribution in [0.5, 0.6) is 0 Å². The van der Waals surface area contributed by atoms with E-state index in [1.165, 1.54) is 154 Å². The maximum atomic E-state index is 12.8. The average molecular weight is 938 g/mol. The molecule has 388 valence electrons. The van der Waals surface area contributed by atoms with Gasteiger partial charge in [-0.25, -0.2) is 0 Å². The zero-order valence-corrected chi connectivity index (χ0v) is 44.4. The molecule has 0 aromatic heterocycles. The summed E-state index contributed by atoms with van der Waals surface area (Å²) in [5.41, 5.74) is 0. The van der Waals surface area contributed by atoms with Crippen molar-refractivity contribution in [2.75, 3.05) is 13.2 Å². The molecule has 1 atom stereocenters. The van der Waals surface area contributed by atoms with Gasteiger partial charge in [-0.05, 0) is 64.2 Å². The number of hydrogen-bond donors (Lipinski definition) is 0. The largest absolute Gasteiger partial charge is 0.462 e. The van der Waals surface area contributed by atoms with E-state index in [9.17, 15) is 14.4 Å². The highest BCUT2D eigenvalue weighted by Crippen LogP contribution is 2.16. The van der Waals surface area contributed by atoms with E-state index >= 15 is 0 Å². The van der Waals surface area contributed by atoms with E-state index in [0.717, 1.165) is 96.3 Å². The molecule has 0 aromatic carbocycles. The summed E-state index contributed by atoms with van der Waals surface area (Å²) in [6.45, 7) is 6.54. The minimum Gasteiger partial charge on any atom is -0.462 e. The Bertz CT molecular complexity index is 1210. The molecule has 0 amide bonds. The maximum absolute atomic E-state index is 12.8. The van der Waals surface area contributed by atoms with Crippen LogP contribution in [-0.4, -0.2) is 37.2 Å². The molecule has 0 bridgehead atoms. The standard InChI is InChI=1S/C61H108O6/c1-4-7-10-13-16-19-22-24-26-27-28-29-30-31-32-33-35-36-39-42-45-48-51-54-60(63)66-57-58(56-65-59(62)53-50-47-44-41-38-21-18-15-12-9-6-3)67-61(64)55-52-49-46-43-40-37-34-25-23-20-17-14-11-8-5-2/h7,10,16,19,24,26,28-29,31-32,58H,4-6,8-9,11-15,17-18,20-23,25,27,30,33-57H2,1-3H3/b10-7-,19-16-,26-24-,29-28-,32-31-. The van der Waals surface area contributed by atoms with Crippen molar-refractivity contribution in [3.63, 3.8) is 0 Å². The Morgan fingerprint density at radius 3 is 0.910 bits per heavy atom. The Morgan fingerprint density at radius 1 is 0.313 bits per heavy atom. The highest BCUT2D eigenvalue weighted by atomic mass is 16.6. The van der Waals surface area contributed by atoms with Crippen molar-refractivity contribution in [3.05, 3.63) is 60.8 Å². The van der Waals surface area contributed by atoms with E-state index in [4.69, 9.17) is 14.2 Å². The lowest BCUT2D eigenvalue weighted by Gasteiger charge is -2.18. The summed E-state index contributed by atoms with van der Waals surface area (Å²) in [6.07, 6.45) is 69.2. The fourth-order valence-electron chi connectivity index (χ4n) is 8.24. The molecule has 0 heterocycles. The van der Waals surface area contributed by atoms with Crippen LogP contribution in [0.4, 0.5) is 0 Å². The van der Waals surface area contributed by atoms with Crippen LogP contribution in [0, 0.1) is 0 Å². The zero-order valence-electron chi connectivity index (χ0n) is 44.4. The van der Waals surface area contributed by atoms with Crippen molar-refractivity contribution in [2.45, 2.75) is 297 Å². The minimum absolute atomic E-state index is 0.0736. The number of ether oxygens (including phenoxy) is 3. The molecule has 0 aliphatic carbocycles. The second kappa shape index (κ2) is 55.7. The molecule has 0 aliphatic heterocycles. The number of allylic oxidation sites excluding steroid dienone is 10. The van der Waals surface area contributed by atoms with Crippen molar-refractivity contribution in [1.82, 2.24) is 0 Å². The van der Waals surface area contributed by atoms with E-state index in [-0.39, 0.29) is 31.1 Å². The van der Waals surface area contributed by atoms with Gasteiger partial charge in [0.1, 0.15) is 13.2 Å². The molecule has 0 N–H and O–H groups in total. The van der Waals surface area contributed by atoms with E-state index in [2.05, 4.69) is 81.5 Å². The topological polar surface area (TPSA) is 78.9 Å². The van der Waals surface area contributed by atoms with E-state index < -0.39 is 6.10 Å². The highest BCUT2D eigenvalue weighted by molar-refractivity contribution is 5.71. The Balaban J connectivity index is 4.30. The first kappa shape index (κ1) is 64.1. The number of esters is 3. The van der Waals surface area contributed by atoms with Crippen LogP contribution >= 0.6 is 0 Å². The van der Waals surface area contributed by atoms with Gasteiger partial charge in [-0.2, -0.15) is 0 Å². The van der Waals surface area contributed by atoms with Crippen LogP contribution in [0.1, 0.15) is 290 Å². The Morgan fingerprint density at radius 2 is 0.582 bits per heavy atom. The molecule has 0 rings (SSSR count). The molecule has 0 radical (unpaired) electrons. The number of carbonyl (C=O) groups excluding carboxylic acids is 3. The van der Waals surface area contributed by atoms with Crippen LogP contribution in [0.25, 0.3) is 0 Å². The summed E-state index contributed by atoms with van der Waals surface area (Å²) in [4.78, 5) is 38.1. The van der Waals surface area contributed by atoms with Gasteiger partial charge < -0.3 is 14.2 Å². The quantitative estimate of drug-likeness (QED) is 0.0262. The lowest BCUT2D eigenvalue weighted by Crippen LogP contribution is -2.30. The molecule has 0 fully saturated rings. The Hall–Kier alpha value is -2.89. The normalized spacial score (nSPS) is 12.5. The van der Waals surface area contributed by atoms with Gasteiger partial charge in [0, 0.05) is 19.3 Å². The van der Waals surface area contributed by atoms with Gasteiger partial charge in [-0.3, -0.25) is 14.4 Å². The molecule has 6 nitrogen and oxygen atoms in total. The molecule has 0 saturated heterocycles. The van der Waals surface area contributed by atoms with Gasteiger partial charge in [-0.1, -0.05) is 268 Å². The third-order valence-electron chi connectivity index (χ3n) is 12.5. The summed E-state index contributed by atoms with van der Waals surface area (Å²) in [7, 11) is 0. The number of rotatable bonds is 52. The molecule has 0 spiro atoms. The number of hydrogen-bond acceptors (Lipinski definition) is 6. The summed E-state index contributed by atoms with van der Waals surface area (Å²) < 4.78 is 16.9. The molecule has 1 unspecified atom stereocenters. The second-order valence-electron chi connectivity index (χ2n) is 19.2. The Kier molecular flexibility index (Phi) is 53.3. The van der Waals surface area contributed by atoms with Gasteiger partial charge in [0.05, 0.1) is 0 Å². The van der Waals surface area contributed by atoms with Gasteiger partial charge in [0.2, 0.25) is 0 Å². The van der Waals surface area contributed by atoms with Crippen LogP contribution < -0.4 is 0 Å². The first-order valence-corrected chi connectivity index (χ1v) is 28.8. The number of unbranched alkanes of at least 4 members (excludes halogenated alkanes) is 31. The summed E-state index contributed by atoms with van der Waals surface area (Å²) >= 11 is 0. The highest BCUT2D eigenvalue weighted by Gasteiger charge is 2.19. The van der Waals surface area contributed by atoms with Crippen molar-refractivity contribution in [2.24, 2.45) is 0 Å². The van der Waals surface area contributed by atoms with Crippen LogP contribution in [0.2, 0.25) is 0 Å². The third-order valence-corrected chi connectivity index (χ3v) is 12.5.